The first-order valence-corrected chi connectivity index (χ1v) is 11.8. The van der Waals surface area contributed by atoms with Crippen molar-refractivity contribution in [3.63, 3.8) is 0 Å². The van der Waals surface area contributed by atoms with Gasteiger partial charge in [-0.3, -0.25) is 10.2 Å². The van der Waals surface area contributed by atoms with Crippen LogP contribution in [0.25, 0.3) is 21.7 Å². The number of nitrogens with two attached hydrogens (primary N) is 2. The Hall–Kier alpha value is -3.64. The van der Waals surface area contributed by atoms with Crippen molar-refractivity contribution in [1.82, 2.24) is 4.57 Å². The third-order valence-electron chi connectivity index (χ3n) is 7.17. The lowest BCUT2D eigenvalue weighted by Crippen LogP contribution is -2.42. The van der Waals surface area contributed by atoms with E-state index in [9.17, 15) is 4.79 Å². The quantitative estimate of drug-likeness (QED) is 0.253. The molecule has 1 heterocycles. The molecular weight excluding hydrogens is 422 g/mol. The summed E-state index contributed by atoms with van der Waals surface area (Å²) in [6.07, 6.45) is 3.31. The zero-order valence-corrected chi connectivity index (χ0v) is 19.5. The molecule has 0 spiro atoms. The molecule has 1 aliphatic rings. The van der Waals surface area contributed by atoms with Crippen molar-refractivity contribution in [2.45, 2.75) is 44.7 Å². The van der Waals surface area contributed by atoms with Gasteiger partial charge >= 0.3 is 0 Å². The molecule has 0 atom stereocenters. The molecule has 1 saturated carbocycles. The maximum Gasteiger partial charge on any atom is 0.228 e. The van der Waals surface area contributed by atoms with Crippen LogP contribution >= 0.6 is 0 Å². The number of benzene rings is 3. The van der Waals surface area contributed by atoms with Crippen molar-refractivity contribution in [2.24, 2.45) is 17.4 Å². The van der Waals surface area contributed by atoms with Crippen molar-refractivity contribution < 1.29 is 4.79 Å². The number of amidine groups is 1. The Labute approximate surface area is 199 Å². The molecule has 174 valence electrons. The molecule has 1 fully saturated rings. The van der Waals surface area contributed by atoms with Gasteiger partial charge in [0.1, 0.15) is 11.7 Å². The summed E-state index contributed by atoms with van der Waals surface area (Å²) >= 11 is 0. The number of anilines is 1. The number of hydrogen-bond acceptors (Lipinski definition) is 3. The van der Waals surface area contributed by atoms with Crippen molar-refractivity contribution >= 4 is 39.2 Å². The van der Waals surface area contributed by atoms with Gasteiger partial charge in [0.2, 0.25) is 5.91 Å². The minimum atomic E-state index is -0.177. The standard InChI is InChI=1S/C28H31N5O/c1-28(31)13-11-19(12-14-28)27(34)32-25-16-20-9-10-21(26(29)30)15-24(20)33(25)17-22-7-4-6-18-5-2-3-8-23(18)22/h2-10,15-16,19H,11-14,17,31H2,1H3,(H3,29,30)(H,32,34)/t19-,28+. The highest BCUT2D eigenvalue weighted by Gasteiger charge is 2.31. The molecular formula is C28H31N5O. The fourth-order valence-corrected chi connectivity index (χ4v) is 5.06. The number of nitrogens with one attached hydrogen (secondary N) is 2. The maximum atomic E-state index is 13.2. The van der Waals surface area contributed by atoms with Crippen LogP contribution in [-0.2, 0) is 11.3 Å². The van der Waals surface area contributed by atoms with E-state index in [0.717, 1.165) is 48.0 Å². The summed E-state index contributed by atoms with van der Waals surface area (Å²) in [4.78, 5) is 13.2. The summed E-state index contributed by atoms with van der Waals surface area (Å²) < 4.78 is 2.12. The molecule has 5 rings (SSSR count). The highest BCUT2D eigenvalue weighted by atomic mass is 16.2. The van der Waals surface area contributed by atoms with Crippen molar-refractivity contribution in [1.29, 1.82) is 5.41 Å². The number of rotatable bonds is 5. The van der Waals surface area contributed by atoms with Gasteiger partial charge in [-0.2, -0.15) is 0 Å². The second-order valence-electron chi connectivity index (χ2n) is 9.86. The van der Waals surface area contributed by atoms with Crippen LogP contribution in [0.1, 0.15) is 43.7 Å². The van der Waals surface area contributed by atoms with Crippen LogP contribution in [0.3, 0.4) is 0 Å². The predicted octanol–water partition coefficient (Wildman–Crippen LogP) is 4.97. The predicted molar refractivity (Wildman–Crippen MR) is 139 cm³/mol. The SMILES string of the molecule is C[C@]1(N)CC[C@@H](C(=O)Nc2cc3ccc(C(=N)N)cc3n2Cc2cccc3ccccc23)CC1. The second-order valence-corrected chi connectivity index (χ2v) is 9.86. The molecule has 0 saturated heterocycles. The molecule has 1 aromatic heterocycles. The number of carbonyl (C=O) groups is 1. The smallest absolute Gasteiger partial charge is 0.228 e. The third kappa shape index (κ3) is 4.29. The molecule has 0 unspecified atom stereocenters. The van der Waals surface area contributed by atoms with E-state index >= 15 is 0 Å². The zero-order chi connectivity index (χ0) is 23.9. The first kappa shape index (κ1) is 22.2. The number of aromatic nitrogens is 1. The second kappa shape index (κ2) is 8.61. The van der Waals surface area contributed by atoms with Gasteiger partial charge < -0.3 is 21.4 Å². The van der Waals surface area contributed by atoms with Gasteiger partial charge in [0.05, 0.1) is 12.1 Å². The van der Waals surface area contributed by atoms with E-state index < -0.39 is 0 Å². The van der Waals surface area contributed by atoms with Gasteiger partial charge in [-0.05, 0) is 61.1 Å². The number of carbonyl (C=O) groups excluding carboxylic acids is 1. The number of nitrogen functional groups attached to an aromatic ring is 1. The van der Waals surface area contributed by atoms with E-state index in [-0.39, 0.29) is 23.2 Å². The molecule has 0 radical (unpaired) electrons. The van der Waals surface area contributed by atoms with Crippen molar-refractivity contribution in [2.75, 3.05) is 5.32 Å². The van der Waals surface area contributed by atoms with Crippen LogP contribution in [0.2, 0.25) is 0 Å². The summed E-state index contributed by atoms with van der Waals surface area (Å²) in [7, 11) is 0. The summed E-state index contributed by atoms with van der Waals surface area (Å²) in [6, 6.07) is 22.4. The molecule has 3 aromatic carbocycles. The lowest BCUT2D eigenvalue weighted by molar-refractivity contribution is -0.121. The summed E-state index contributed by atoms with van der Waals surface area (Å²) in [5.74, 6) is 0.796. The first-order chi connectivity index (χ1) is 16.3. The van der Waals surface area contributed by atoms with Gasteiger partial charge in [0, 0.05) is 22.4 Å². The minimum Gasteiger partial charge on any atom is -0.384 e. The van der Waals surface area contributed by atoms with Gasteiger partial charge in [-0.1, -0.05) is 54.6 Å². The molecule has 0 aliphatic heterocycles. The number of nitrogens with zero attached hydrogens (tertiary/aromatic N) is 1. The number of hydrogen-bond donors (Lipinski definition) is 4. The zero-order valence-electron chi connectivity index (χ0n) is 19.5. The molecule has 0 bridgehead atoms. The van der Waals surface area contributed by atoms with Crippen LogP contribution in [-0.4, -0.2) is 21.8 Å². The van der Waals surface area contributed by atoms with Crippen LogP contribution in [0, 0.1) is 11.3 Å². The molecule has 4 aromatic rings. The highest BCUT2D eigenvalue weighted by molar-refractivity contribution is 6.01. The Morgan fingerprint density at radius 2 is 1.79 bits per heavy atom. The first-order valence-electron chi connectivity index (χ1n) is 11.8. The molecule has 34 heavy (non-hydrogen) atoms. The Morgan fingerprint density at radius 1 is 1.06 bits per heavy atom. The Bertz CT molecular complexity index is 1390. The Kier molecular flexibility index (Phi) is 5.62. The summed E-state index contributed by atoms with van der Waals surface area (Å²) in [5.41, 5.74) is 14.6. The fraction of sp³-hybridized carbons (Fsp3) is 0.286. The largest absolute Gasteiger partial charge is 0.384 e. The Balaban J connectivity index is 1.54. The van der Waals surface area contributed by atoms with E-state index in [2.05, 4.69) is 47.1 Å². The van der Waals surface area contributed by atoms with Gasteiger partial charge in [-0.25, -0.2) is 0 Å². The average molecular weight is 454 g/mol. The Morgan fingerprint density at radius 3 is 2.56 bits per heavy atom. The lowest BCUT2D eigenvalue weighted by Gasteiger charge is -2.33. The molecule has 1 aliphatic carbocycles. The third-order valence-corrected chi connectivity index (χ3v) is 7.17. The number of amides is 1. The molecule has 6 N–H and O–H groups in total. The van der Waals surface area contributed by atoms with Crippen LogP contribution in [0.4, 0.5) is 5.82 Å². The van der Waals surface area contributed by atoms with E-state index in [1.54, 1.807) is 0 Å². The minimum absolute atomic E-state index is 0.0254. The van der Waals surface area contributed by atoms with E-state index in [1.165, 1.54) is 10.8 Å². The monoisotopic (exact) mass is 453 g/mol. The van der Waals surface area contributed by atoms with Crippen LogP contribution < -0.4 is 16.8 Å². The molecule has 6 nitrogen and oxygen atoms in total. The summed E-state index contributed by atoms with van der Waals surface area (Å²) in [5, 5.41) is 14.5. The number of fused-ring (bicyclic) bond motifs is 2. The highest BCUT2D eigenvalue weighted by Crippen LogP contribution is 2.32. The van der Waals surface area contributed by atoms with Gasteiger partial charge in [0.15, 0.2) is 0 Å². The fourth-order valence-electron chi connectivity index (χ4n) is 5.06. The normalized spacial score (nSPS) is 20.5. The molecule has 1 amide bonds. The van der Waals surface area contributed by atoms with E-state index in [1.807, 2.05) is 36.4 Å². The lowest BCUT2D eigenvalue weighted by atomic mass is 9.78. The van der Waals surface area contributed by atoms with Gasteiger partial charge in [0.25, 0.3) is 0 Å². The van der Waals surface area contributed by atoms with Gasteiger partial charge in [-0.15, -0.1) is 0 Å². The van der Waals surface area contributed by atoms with E-state index in [4.69, 9.17) is 16.9 Å². The van der Waals surface area contributed by atoms with Crippen molar-refractivity contribution in [3.8, 4) is 0 Å². The molecule has 6 heteroatoms. The summed E-state index contributed by atoms with van der Waals surface area (Å²) in [6.45, 7) is 2.66. The van der Waals surface area contributed by atoms with Crippen LogP contribution in [0.15, 0.2) is 66.7 Å². The topological polar surface area (TPSA) is 110 Å². The van der Waals surface area contributed by atoms with E-state index in [0.29, 0.717) is 12.1 Å². The van der Waals surface area contributed by atoms with Crippen LogP contribution in [0.5, 0.6) is 0 Å². The average Bonchev–Trinajstić information content (AvgIpc) is 3.15. The van der Waals surface area contributed by atoms with Crippen molar-refractivity contribution in [3.05, 3.63) is 77.9 Å². The maximum absolute atomic E-state index is 13.2.